The lowest BCUT2D eigenvalue weighted by molar-refractivity contribution is 1.28. The number of pyridine rings is 1. The van der Waals surface area contributed by atoms with Gasteiger partial charge in [-0.2, -0.15) is 0 Å². The van der Waals surface area contributed by atoms with Gasteiger partial charge in [-0.05, 0) is 40.2 Å². The van der Waals surface area contributed by atoms with Crippen molar-refractivity contribution in [2.75, 3.05) is 5.73 Å². The second-order valence-corrected chi connectivity index (χ2v) is 5.71. The molecule has 94 valence electrons. The van der Waals surface area contributed by atoms with Crippen LogP contribution in [0.5, 0.6) is 0 Å². The van der Waals surface area contributed by atoms with Gasteiger partial charge in [-0.3, -0.25) is 4.98 Å². The van der Waals surface area contributed by atoms with E-state index in [9.17, 15) is 0 Å². The van der Waals surface area contributed by atoms with Crippen LogP contribution in [-0.2, 0) is 0 Å². The molecule has 2 N–H and O–H groups in total. The summed E-state index contributed by atoms with van der Waals surface area (Å²) < 4.78 is 0.948. The Morgan fingerprint density at radius 1 is 1.16 bits per heavy atom. The molecule has 0 aliphatic rings. The highest BCUT2D eigenvalue weighted by atomic mass is 79.9. The standard InChI is InChI=1S/C14H10BrN3S/c15-11-5-2-6-17-13(11)14-18-12(8-19-14)9-3-1-4-10(16)7-9/h1-8H,16H2. The van der Waals surface area contributed by atoms with Crippen molar-refractivity contribution in [2.45, 2.75) is 0 Å². The lowest BCUT2D eigenvalue weighted by atomic mass is 10.1. The number of anilines is 1. The second kappa shape index (κ2) is 5.11. The van der Waals surface area contributed by atoms with Crippen molar-refractivity contribution < 1.29 is 0 Å². The van der Waals surface area contributed by atoms with Gasteiger partial charge in [0.25, 0.3) is 0 Å². The minimum absolute atomic E-state index is 0.742. The van der Waals surface area contributed by atoms with Crippen molar-refractivity contribution in [1.82, 2.24) is 9.97 Å². The van der Waals surface area contributed by atoms with Gasteiger partial charge < -0.3 is 5.73 Å². The van der Waals surface area contributed by atoms with Gasteiger partial charge in [0.2, 0.25) is 0 Å². The molecule has 1 aromatic carbocycles. The minimum atomic E-state index is 0.742. The number of nitrogens with two attached hydrogens (primary N) is 1. The smallest absolute Gasteiger partial charge is 0.143 e. The van der Waals surface area contributed by atoms with Crippen LogP contribution in [0.2, 0.25) is 0 Å². The first-order chi connectivity index (χ1) is 9.24. The molecular weight excluding hydrogens is 322 g/mol. The molecule has 0 fully saturated rings. The first kappa shape index (κ1) is 12.3. The van der Waals surface area contributed by atoms with E-state index in [-0.39, 0.29) is 0 Å². The molecule has 0 radical (unpaired) electrons. The van der Waals surface area contributed by atoms with E-state index >= 15 is 0 Å². The highest BCUT2D eigenvalue weighted by molar-refractivity contribution is 9.10. The summed E-state index contributed by atoms with van der Waals surface area (Å²) in [5.41, 5.74) is 9.34. The summed E-state index contributed by atoms with van der Waals surface area (Å²) in [6.45, 7) is 0. The highest BCUT2D eigenvalue weighted by Crippen LogP contribution is 2.31. The maximum atomic E-state index is 5.79. The average Bonchev–Trinajstić information content (AvgIpc) is 2.89. The second-order valence-electron chi connectivity index (χ2n) is 4.00. The molecule has 19 heavy (non-hydrogen) atoms. The Hall–Kier alpha value is -1.72. The van der Waals surface area contributed by atoms with Crippen molar-refractivity contribution in [3.63, 3.8) is 0 Å². The molecule has 0 bridgehead atoms. The zero-order valence-electron chi connectivity index (χ0n) is 9.88. The molecule has 0 unspecified atom stereocenters. The fraction of sp³-hybridized carbons (Fsp3) is 0. The Labute approximate surface area is 123 Å². The van der Waals surface area contributed by atoms with Gasteiger partial charge in [-0.15, -0.1) is 11.3 Å². The summed E-state index contributed by atoms with van der Waals surface area (Å²) in [7, 11) is 0. The fourth-order valence-corrected chi connectivity index (χ4v) is 3.17. The molecule has 3 aromatic rings. The summed E-state index contributed by atoms with van der Waals surface area (Å²) in [6.07, 6.45) is 1.77. The molecular formula is C14H10BrN3S. The van der Waals surface area contributed by atoms with Gasteiger partial charge in [-0.1, -0.05) is 12.1 Å². The van der Waals surface area contributed by atoms with E-state index in [0.29, 0.717) is 0 Å². The molecule has 0 aliphatic carbocycles. The predicted molar refractivity (Wildman–Crippen MR) is 82.9 cm³/mol. The summed E-state index contributed by atoms with van der Waals surface area (Å²) in [5, 5.41) is 2.91. The third-order valence-electron chi connectivity index (χ3n) is 2.65. The van der Waals surface area contributed by atoms with E-state index in [1.165, 1.54) is 0 Å². The predicted octanol–water partition coefficient (Wildman–Crippen LogP) is 4.22. The molecule has 0 spiro atoms. The largest absolute Gasteiger partial charge is 0.399 e. The van der Waals surface area contributed by atoms with Crippen LogP contribution in [0.1, 0.15) is 0 Å². The van der Waals surface area contributed by atoms with Crippen molar-refractivity contribution in [2.24, 2.45) is 0 Å². The van der Waals surface area contributed by atoms with E-state index in [2.05, 4.69) is 25.9 Å². The van der Waals surface area contributed by atoms with Crippen LogP contribution in [0.4, 0.5) is 5.69 Å². The molecule has 5 heteroatoms. The number of hydrogen-bond acceptors (Lipinski definition) is 4. The van der Waals surface area contributed by atoms with Crippen LogP contribution >= 0.6 is 27.3 Å². The Balaban J connectivity index is 2.03. The molecule has 3 rings (SSSR count). The number of nitrogens with zero attached hydrogens (tertiary/aromatic N) is 2. The maximum absolute atomic E-state index is 5.79. The Kier molecular flexibility index (Phi) is 3.31. The molecule has 0 aliphatic heterocycles. The van der Waals surface area contributed by atoms with E-state index in [1.54, 1.807) is 17.5 Å². The van der Waals surface area contributed by atoms with Gasteiger partial charge in [-0.25, -0.2) is 4.98 Å². The fourth-order valence-electron chi connectivity index (χ4n) is 1.76. The number of thiazole rings is 1. The molecule has 3 nitrogen and oxygen atoms in total. The molecule has 0 atom stereocenters. The van der Waals surface area contributed by atoms with Crippen LogP contribution in [0.3, 0.4) is 0 Å². The molecule has 0 amide bonds. The van der Waals surface area contributed by atoms with Gasteiger partial charge in [0, 0.05) is 27.3 Å². The molecule has 2 aromatic heterocycles. The molecule has 2 heterocycles. The number of aromatic nitrogens is 2. The lowest BCUT2D eigenvalue weighted by Gasteiger charge is -1.99. The maximum Gasteiger partial charge on any atom is 0.143 e. The summed E-state index contributed by atoms with van der Waals surface area (Å²) >= 11 is 5.07. The van der Waals surface area contributed by atoms with E-state index in [4.69, 9.17) is 5.73 Å². The van der Waals surface area contributed by atoms with Crippen LogP contribution in [0.15, 0.2) is 52.4 Å². The van der Waals surface area contributed by atoms with Crippen LogP contribution in [0, 0.1) is 0 Å². The van der Waals surface area contributed by atoms with Gasteiger partial charge in [0.05, 0.1) is 5.69 Å². The monoisotopic (exact) mass is 331 g/mol. The van der Waals surface area contributed by atoms with E-state index < -0.39 is 0 Å². The van der Waals surface area contributed by atoms with Crippen molar-refractivity contribution >= 4 is 33.0 Å². The molecule has 0 saturated carbocycles. The zero-order chi connectivity index (χ0) is 13.2. The van der Waals surface area contributed by atoms with E-state index in [1.807, 2.05) is 41.8 Å². The summed E-state index contributed by atoms with van der Waals surface area (Å²) in [4.78, 5) is 8.97. The quantitative estimate of drug-likeness (QED) is 0.715. The highest BCUT2D eigenvalue weighted by Gasteiger charge is 2.10. The van der Waals surface area contributed by atoms with E-state index in [0.717, 1.165) is 32.1 Å². The first-order valence-corrected chi connectivity index (χ1v) is 7.33. The first-order valence-electron chi connectivity index (χ1n) is 5.66. The van der Waals surface area contributed by atoms with Crippen LogP contribution in [0.25, 0.3) is 22.0 Å². The van der Waals surface area contributed by atoms with Gasteiger partial charge >= 0.3 is 0 Å². The van der Waals surface area contributed by atoms with Gasteiger partial charge in [0.1, 0.15) is 10.7 Å². The van der Waals surface area contributed by atoms with Crippen molar-refractivity contribution in [3.05, 3.63) is 52.4 Å². The number of halogens is 1. The Morgan fingerprint density at radius 2 is 2.05 bits per heavy atom. The summed E-state index contributed by atoms with van der Waals surface area (Å²) in [5.74, 6) is 0. The summed E-state index contributed by atoms with van der Waals surface area (Å²) in [6, 6.07) is 11.6. The Morgan fingerprint density at radius 3 is 2.84 bits per heavy atom. The minimum Gasteiger partial charge on any atom is -0.399 e. The average molecular weight is 332 g/mol. The third-order valence-corrected chi connectivity index (χ3v) is 4.14. The third kappa shape index (κ3) is 2.52. The van der Waals surface area contributed by atoms with Gasteiger partial charge in [0.15, 0.2) is 0 Å². The molecule has 0 saturated heterocycles. The lowest BCUT2D eigenvalue weighted by Crippen LogP contribution is -1.86. The number of hydrogen-bond donors (Lipinski definition) is 1. The number of benzene rings is 1. The number of rotatable bonds is 2. The number of nitrogen functional groups attached to an aromatic ring is 1. The van der Waals surface area contributed by atoms with Crippen molar-refractivity contribution in [3.8, 4) is 22.0 Å². The zero-order valence-corrected chi connectivity index (χ0v) is 12.3. The van der Waals surface area contributed by atoms with Crippen molar-refractivity contribution in [1.29, 1.82) is 0 Å². The SMILES string of the molecule is Nc1cccc(-c2csc(-c3ncccc3Br)n2)c1. The van der Waals surface area contributed by atoms with Crippen LogP contribution < -0.4 is 5.73 Å². The van der Waals surface area contributed by atoms with Crippen LogP contribution in [-0.4, -0.2) is 9.97 Å². The normalized spacial score (nSPS) is 10.6. The Bertz CT molecular complexity index is 724. The topological polar surface area (TPSA) is 51.8 Å².